The zero-order valence-corrected chi connectivity index (χ0v) is 15.8. The van der Waals surface area contributed by atoms with Gasteiger partial charge in [-0.05, 0) is 38.5 Å². The minimum Gasteiger partial charge on any atom is -0.396 e. The lowest BCUT2D eigenvalue weighted by atomic mass is 10.0. The van der Waals surface area contributed by atoms with E-state index < -0.39 is 0 Å². The second kappa shape index (κ2) is 20.2. The third kappa shape index (κ3) is 17.5. The van der Waals surface area contributed by atoms with Crippen LogP contribution in [0.2, 0.25) is 0 Å². The lowest BCUT2D eigenvalue weighted by Gasteiger charge is -2.16. The van der Waals surface area contributed by atoms with Crippen LogP contribution in [0.15, 0.2) is 12.2 Å². The summed E-state index contributed by atoms with van der Waals surface area (Å²) in [5, 5.41) is 17.4. The van der Waals surface area contributed by atoms with E-state index in [1.54, 1.807) is 0 Å². The number of nitrogens with zero attached hydrogens (tertiary/aromatic N) is 1. The van der Waals surface area contributed by atoms with Gasteiger partial charge < -0.3 is 9.84 Å². The van der Waals surface area contributed by atoms with Crippen LogP contribution in [0.5, 0.6) is 0 Å². The zero-order chi connectivity index (χ0) is 17.7. The molecule has 0 aromatic rings. The molecule has 3 nitrogen and oxygen atoms in total. The minimum atomic E-state index is 0.302. The van der Waals surface area contributed by atoms with Crippen LogP contribution in [0, 0.1) is 11.3 Å². The molecule has 0 saturated heterocycles. The largest absolute Gasteiger partial charge is 0.396 e. The van der Waals surface area contributed by atoms with Crippen molar-refractivity contribution in [2.75, 3.05) is 13.2 Å². The Morgan fingerprint density at radius 1 is 0.917 bits per heavy atom. The molecule has 0 spiro atoms. The molecule has 24 heavy (non-hydrogen) atoms. The molecule has 0 fully saturated rings. The van der Waals surface area contributed by atoms with Crippen LogP contribution in [-0.2, 0) is 4.74 Å². The first kappa shape index (κ1) is 23.1. The van der Waals surface area contributed by atoms with E-state index in [4.69, 9.17) is 15.1 Å². The highest BCUT2D eigenvalue weighted by Gasteiger charge is 2.08. The SMILES string of the molecule is CCCCCC=CCCC(CCCCCCCCO)OCCC#N. The molecule has 0 aromatic carbocycles. The molecule has 0 radical (unpaired) electrons. The molecule has 1 N–H and O–H groups in total. The number of aliphatic hydroxyl groups is 1. The van der Waals surface area contributed by atoms with Gasteiger partial charge in [-0.25, -0.2) is 0 Å². The normalized spacial score (nSPS) is 12.5. The van der Waals surface area contributed by atoms with Gasteiger partial charge in [0.05, 0.1) is 25.2 Å². The second-order valence-electron chi connectivity index (χ2n) is 6.58. The summed E-state index contributed by atoms with van der Waals surface area (Å²) < 4.78 is 5.88. The molecule has 0 aliphatic rings. The Labute approximate surface area is 150 Å². The van der Waals surface area contributed by atoms with E-state index >= 15 is 0 Å². The van der Waals surface area contributed by atoms with E-state index in [2.05, 4.69) is 25.1 Å². The van der Waals surface area contributed by atoms with Crippen molar-refractivity contribution in [2.45, 2.75) is 103 Å². The molecule has 0 aromatic heterocycles. The fraction of sp³-hybridized carbons (Fsp3) is 0.857. The van der Waals surface area contributed by atoms with Gasteiger partial charge in [-0.2, -0.15) is 5.26 Å². The Bertz CT molecular complexity index is 309. The quantitative estimate of drug-likeness (QED) is 0.249. The first-order chi connectivity index (χ1) is 11.8. The highest BCUT2D eigenvalue weighted by Crippen LogP contribution is 2.15. The summed E-state index contributed by atoms with van der Waals surface area (Å²) in [5.41, 5.74) is 0. The zero-order valence-electron chi connectivity index (χ0n) is 15.8. The van der Waals surface area contributed by atoms with E-state index in [0.29, 0.717) is 25.7 Å². The average Bonchev–Trinajstić information content (AvgIpc) is 2.59. The fourth-order valence-corrected chi connectivity index (χ4v) is 2.80. The smallest absolute Gasteiger partial charge is 0.0645 e. The highest BCUT2D eigenvalue weighted by molar-refractivity contribution is 4.82. The predicted octanol–water partition coefficient (Wildman–Crippen LogP) is 5.92. The maximum absolute atomic E-state index is 8.76. The molecule has 3 heteroatoms. The standard InChI is InChI=1S/C21H39NO2/c1-2-3-4-5-6-9-12-16-21(24-20-15-18-22)17-13-10-7-8-11-14-19-23/h6,9,21,23H,2-5,7-8,10-17,19-20H2,1H3. The molecule has 1 atom stereocenters. The van der Waals surface area contributed by atoms with Gasteiger partial charge in [0.2, 0.25) is 0 Å². The number of rotatable bonds is 18. The average molecular weight is 338 g/mol. The molecule has 140 valence electrons. The number of ether oxygens (including phenoxy) is 1. The van der Waals surface area contributed by atoms with Crippen LogP contribution in [0.4, 0.5) is 0 Å². The van der Waals surface area contributed by atoms with Crippen molar-refractivity contribution in [3.05, 3.63) is 12.2 Å². The molecule has 0 rings (SSSR count). The first-order valence-electron chi connectivity index (χ1n) is 10.1. The molecule has 0 heterocycles. The van der Waals surface area contributed by atoms with Crippen LogP contribution < -0.4 is 0 Å². The van der Waals surface area contributed by atoms with Gasteiger partial charge >= 0.3 is 0 Å². The number of hydrogen-bond acceptors (Lipinski definition) is 3. The predicted molar refractivity (Wildman–Crippen MR) is 102 cm³/mol. The topological polar surface area (TPSA) is 53.2 Å². The van der Waals surface area contributed by atoms with E-state index in [1.807, 2.05) is 0 Å². The Hall–Kier alpha value is -0.850. The van der Waals surface area contributed by atoms with Gasteiger partial charge in [0.15, 0.2) is 0 Å². The van der Waals surface area contributed by atoms with E-state index in [9.17, 15) is 0 Å². The number of unbranched alkanes of at least 4 members (excludes halogenated alkanes) is 8. The van der Waals surface area contributed by atoms with Gasteiger partial charge in [0, 0.05) is 6.61 Å². The Balaban J connectivity index is 3.78. The number of hydrogen-bond donors (Lipinski definition) is 1. The van der Waals surface area contributed by atoms with Gasteiger partial charge in [-0.3, -0.25) is 0 Å². The van der Waals surface area contributed by atoms with Crippen molar-refractivity contribution in [1.29, 1.82) is 5.26 Å². The van der Waals surface area contributed by atoms with Crippen LogP contribution in [-0.4, -0.2) is 24.4 Å². The van der Waals surface area contributed by atoms with Gasteiger partial charge in [-0.1, -0.05) is 64.0 Å². The maximum atomic E-state index is 8.76. The maximum Gasteiger partial charge on any atom is 0.0645 e. The summed E-state index contributed by atoms with van der Waals surface area (Å²) in [4.78, 5) is 0. The summed E-state index contributed by atoms with van der Waals surface area (Å²) in [7, 11) is 0. The summed E-state index contributed by atoms with van der Waals surface area (Å²) in [6.07, 6.45) is 20.8. The lowest BCUT2D eigenvalue weighted by Crippen LogP contribution is -2.13. The summed E-state index contributed by atoms with van der Waals surface area (Å²) in [6, 6.07) is 2.16. The second-order valence-corrected chi connectivity index (χ2v) is 6.58. The van der Waals surface area contributed by atoms with Crippen molar-refractivity contribution in [3.8, 4) is 6.07 Å². The first-order valence-corrected chi connectivity index (χ1v) is 10.1. The van der Waals surface area contributed by atoms with Crippen molar-refractivity contribution in [3.63, 3.8) is 0 Å². The molecule has 0 saturated carbocycles. The van der Waals surface area contributed by atoms with Crippen LogP contribution in [0.1, 0.15) is 96.8 Å². The molecular formula is C21H39NO2. The van der Waals surface area contributed by atoms with E-state index in [1.165, 1.54) is 51.4 Å². The van der Waals surface area contributed by atoms with Gasteiger partial charge in [0.25, 0.3) is 0 Å². The van der Waals surface area contributed by atoms with E-state index in [0.717, 1.165) is 32.1 Å². The number of nitriles is 1. The van der Waals surface area contributed by atoms with Crippen LogP contribution in [0.25, 0.3) is 0 Å². The van der Waals surface area contributed by atoms with Gasteiger partial charge in [0.1, 0.15) is 0 Å². The number of allylic oxidation sites excluding steroid dienone is 2. The third-order valence-electron chi connectivity index (χ3n) is 4.30. The van der Waals surface area contributed by atoms with Crippen molar-refractivity contribution in [1.82, 2.24) is 0 Å². The minimum absolute atomic E-state index is 0.302. The highest BCUT2D eigenvalue weighted by atomic mass is 16.5. The summed E-state index contributed by atoms with van der Waals surface area (Å²) >= 11 is 0. The Morgan fingerprint density at radius 2 is 1.62 bits per heavy atom. The monoisotopic (exact) mass is 337 g/mol. The molecule has 0 aliphatic carbocycles. The lowest BCUT2D eigenvalue weighted by molar-refractivity contribution is 0.0441. The molecular weight excluding hydrogens is 298 g/mol. The van der Waals surface area contributed by atoms with E-state index in [-0.39, 0.29) is 0 Å². The number of aliphatic hydroxyl groups excluding tert-OH is 1. The molecule has 1 unspecified atom stereocenters. The van der Waals surface area contributed by atoms with Crippen LogP contribution >= 0.6 is 0 Å². The molecule has 0 bridgehead atoms. The molecule has 0 amide bonds. The fourth-order valence-electron chi connectivity index (χ4n) is 2.80. The van der Waals surface area contributed by atoms with Crippen molar-refractivity contribution < 1.29 is 9.84 Å². The van der Waals surface area contributed by atoms with Gasteiger partial charge in [-0.15, -0.1) is 0 Å². The van der Waals surface area contributed by atoms with Crippen molar-refractivity contribution >= 4 is 0 Å². The molecule has 0 aliphatic heterocycles. The Morgan fingerprint density at radius 3 is 2.33 bits per heavy atom. The van der Waals surface area contributed by atoms with Crippen molar-refractivity contribution in [2.24, 2.45) is 0 Å². The third-order valence-corrected chi connectivity index (χ3v) is 4.30. The summed E-state index contributed by atoms with van der Waals surface area (Å²) in [6.45, 7) is 3.12. The Kier molecular flexibility index (Phi) is 19.5. The van der Waals surface area contributed by atoms with Crippen LogP contribution in [0.3, 0.4) is 0 Å². The summed E-state index contributed by atoms with van der Waals surface area (Å²) in [5.74, 6) is 0.